The van der Waals surface area contributed by atoms with Gasteiger partial charge in [0.05, 0.1) is 26.5 Å². The number of thiazole rings is 1. The molecular formula is C22H22N2O3S. The van der Waals surface area contributed by atoms with Crippen LogP contribution in [0.4, 0.5) is 5.13 Å². The predicted molar refractivity (Wildman–Crippen MR) is 111 cm³/mol. The van der Waals surface area contributed by atoms with Crippen LogP contribution in [0, 0.1) is 5.92 Å². The standard InChI is InChI=1S/C22H22N2O3S/c1-26-17-10-11-20(27-2)18(12-17)19-14-28-22(23-19)24(21(25)16-8-9-16)13-15-6-4-3-5-7-15/h3-7,10-12,14,16H,8-9,13H2,1-2H3. The number of rotatable bonds is 7. The maximum Gasteiger partial charge on any atom is 0.232 e. The zero-order valence-electron chi connectivity index (χ0n) is 15.9. The molecule has 0 bridgehead atoms. The Labute approximate surface area is 168 Å². The minimum Gasteiger partial charge on any atom is -0.497 e. The van der Waals surface area contributed by atoms with Crippen molar-refractivity contribution in [3.05, 3.63) is 59.5 Å². The summed E-state index contributed by atoms with van der Waals surface area (Å²) in [5, 5.41) is 2.67. The first kappa shape index (κ1) is 18.5. The zero-order chi connectivity index (χ0) is 19.5. The number of carbonyl (C=O) groups is 1. The molecule has 6 heteroatoms. The van der Waals surface area contributed by atoms with Crippen molar-refractivity contribution in [2.45, 2.75) is 19.4 Å². The second kappa shape index (κ2) is 8.02. The number of hydrogen-bond acceptors (Lipinski definition) is 5. The molecule has 0 unspecified atom stereocenters. The van der Waals surface area contributed by atoms with Gasteiger partial charge in [0.15, 0.2) is 5.13 Å². The van der Waals surface area contributed by atoms with Crippen molar-refractivity contribution in [3.8, 4) is 22.8 Å². The molecule has 28 heavy (non-hydrogen) atoms. The van der Waals surface area contributed by atoms with Gasteiger partial charge in [-0.15, -0.1) is 11.3 Å². The highest BCUT2D eigenvalue weighted by molar-refractivity contribution is 7.14. The van der Waals surface area contributed by atoms with E-state index in [-0.39, 0.29) is 11.8 Å². The molecule has 3 aromatic rings. The minimum atomic E-state index is 0.127. The van der Waals surface area contributed by atoms with E-state index in [4.69, 9.17) is 14.5 Å². The highest BCUT2D eigenvalue weighted by Crippen LogP contribution is 2.38. The van der Waals surface area contributed by atoms with Crippen LogP contribution in [0.1, 0.15) is 18.4 Å². The summed E-state index contributed by atoms with van der Waals surface area (Å²) in [5.41, 5.74) is 2.72. The number of benzene rings is 2. The van der Waals surface area contributed by atoms with E-state index in [1.807, 2.05) is 58.8 Å². The fourth-order valence-corrected chi connectivity index (χ4v) is 3.91. The summed E-state index contributed by atoms with van der Waals surface area (Å²) in [4.78, 5) is 19.5. The van der Waals surface area contributed by atoms with Crippen molar-refractivity contribution in [1.82, 2.24) is 4.98 Å². The lowest BCUT2D eigenvalue weighted by molar-refractivity contribution is -0.119. The molecule has 4 rings (SSSR count). The Kier molecular flexibility index (Phi) is 5.30. The number of nitrogens with zero attached hydrogens (tertiary/aromatic N) is 2. The summed E-state index contributed by atoms with van der Waals surface area (Å²) in [6.07, 6.45) is 1.93. The molecule has 2 aromatic carbocycles. The van der Waals surface area contributed by atoms with Gasteiger partial charge in [0.2, 0.25) is 5.91 Å². The van der Waals surface area contributed by atoms with Crippen LogP contribution in [0.25, 0.3) is 11.3 Å². The normalized spacial score (nSPS) is 13.2. The van der Waals surface area contributed by atoms with E-state index in [1.54, 1.807) is 14.2 Å². The predicted octanol–water partition coefficient (Wildman–Crippen LogP) is 4.77. The second-order valence-electron chi connectivity index (χ2n) is 6.77. The van der Waals surface area contributed by atoms with Crippen molar-refractivity contribution in [1.29, 1.82) is 0 Å². The smallest absolute Gasteiger partial charge is 0.232 e. The number of methoxy groups -OCH3 is 2. The van der Waals surface area contributed by atoms with E-state index in [2.05, 4.69) is 0 Å². The molecule has 0 saturated heterocycles. The summed E-state index contributed by atoms with van der Waals surface area (Å²) in [7, 11) is 3.27. The number of carbonyl (C=O) groups excluding carboxylic acids is 1. The van der Waals surface area contributed by atoms with Crippen LogP contribution in [0.5, 0.6) is 11.5 Å². The second-order valence-corrected chi connectivity index (χ2v) is 7.60. The van der Waals surface area contributed by atoms with E-state index in [0.29, 0.717) is 11.7 Å². The largest absolute Gasteiger partial charge is 0.497 e. The van der Waals surface area contributed by atoms with Crippen molar-refractivity contribution in [2.24, 2.45) is 5.92 Å². The number of ether oxygens (including phenoxy) is 2. The summed E-state index contributed by atoms with van der Waals surface area (Å²) in [5.74, 6) is 1.74. The van der Waals surface area contributed by atoms with Gasteiger partial charge < -0.3 is 9.47 Å². The molecule has 1 aliphatic carbocycles. The third-order valence-corrected chi connectivity index (χ3v) is 5.65. The SMILES string of the molecule is COc1ccc(OC)c(-c2csc(N(Cc3ccccc3)C(=O)C3CC3)n2)c1. The van der Waals surface area contributed by atoms with Crippen LogP contribution < -0.4 is 14.4 Å². The zero-order valence-corrected chi connectivity index (χ0v) is 16.7. The fraction of sp³-hybridized carbons (Fsp3) is 0.273. The van der Waals surface area contributed by atoms with E-state index >= 15 is 0 Å². The molecular weight excluding hydrogens is 372 g/mol. The van der Waals surface area contributed by atoms with Crippen molar-refractivity contribution in [2.75, 3.05) is 19.1 Å². The first-order valence-electron chi connectivity index (χ1n) is 9.23. The van der Waals surface area contributed by atoms with E-state index in [9.17, 15) is 4.79 Å². The van der Waals surface area contributed by atoms with Gasteiger partial charge in [-0.25, -0.2) is 4.98 Å². The molecule has 1 saturated carbocycles. The Morgan fingerprint density at radius 1 is 1.14 bits per heavy atom. The molecule has 0 aliphatic heterocycles. The molecule has 1 aromatic heterocycles. The van der Waals surface area contributed by atoms with Gasteiger partial charge >= 0.3 is 0 Å². The van der Waals surface area contributed by atoms with Crippen molar-refractivity contribution < 1.29 is 14.3 Å². The van der Waals surface area contributed by atoms with Gasteiger partial charge in [0.1, 0.15) is 11.5 Å². The number of hydrogen-bond donors (Lipinski definition) is 0. The molecule has 0 N–H and O–H groups in total. The molecule has 1 fully saturated rings. The Morgan fingerprint density at radius 3 is 2.61 bits per heavy atom. The Hall–Kier alpha value is -2.86. The first-order chi connectivity index (χ1) is 13.7. The molecule has 0 spiro atoms. The molecule has 144 valence electrons. The maximum atomic E-state index is 12.9. The molecule has 1 heterocycles. The van der Waals surface area contributed by atoms with Gasteiger partial charge in [0.25, 0.3) is 0 Å². The van der Waals surface area contributed by atoms with Crippen molar-refractivity contribution >= 4 is 22.4 Å². The summed E-state index contributed by atoms with van der Waals surface area (Å²) in [6, 6.07) is 15.7. The Morgan fingerprint density at radius 2 is 1.93 bits per heavy atom. The highest BCUT2D eigenvalue weighted by atomic mass is 32.1. The summed E-state index contributed by atoms with van der Waals surface area (Å²) in [6.45, 7) is 0.526. The van der Waals surface area contributed by atoms with E-state index in [1.165, 1.54) is 11.3 Å². The van der Waals surface area contributed by atoms with Crippen LogP contribution in [0.3, 0.4) is 0 Å². The first-order valence-corrected chi connectivity index (χ1v) is 10.1. The molecule has 5 nitrogen and oxygen atoms in total. The Bertz CT molecular complexity index is 967. The minimum absolute atomic E-state index is 0.127. The van der Waals surface area contributed by atoms with Crippen LogP contribution in [-0.2, 0) is 11.3 Å². The lowest BCUT2D eigenvalue weighted by Crippen LogP contribution is -2.31. The van der Waals surface area contributed by atoms with Gasteiger partial charge in [-0.2, -0.15) is 0 Å². The maximum absolute atomic E-state index is 12.9. The lowest BCUT2D eigenvalue weighted by atomic mass is 10.1. The molecule has 0 radical (unpaired) electrons. The third-order valence-electron chi connectivity index (χ3n) is 4.78. The van der Waals surface area contributed by atoms with Gasteiger partial charge in [-0.3, -0.25) is 9.69 Å². The average molecular weight is 394 g/mol. The lowest BCUT2D eigenvalue weighted by Gasteiger charge is -2.20. The molecule has 1 amide bonds. The number of amides is 1. The third kappa shape index (κ3) is 3.87. The van der Waals surface area contributed by atoms with Crippen LogP contribution >= 0.6 is 11.3 Å². The van der Waals surface area contributed by atoms with E-state index in [0.717, 1.165) is 41.2 Å². The van der Waals surface area contributed by atoms with Crippen LogP contribution in [-0.4, -0.2) is 25.1 Å². The van der Waals surface area contributed by atoms with Crippen molar-refractivity contribution in [3.63, 3.8) is 0 Å². The average Bonchev–Trinajstić information content (AvgIpc) is 3.49. The van der Waals surface area contributed by atoms with Crippen LogP contribution in [0.2, 0.25) is 0 Å². The van der Waals surface area contributed by atoms with Gasteiger partial charge in [-0.05, 0) is 36.6 Å². The fourth-order valence-electron chi connectivity index (χ4n) is 3.08. The van der Waals surface area contributed by atoms with E-state index < -0.39 is 0 Å². The monoisotopic (exact) mass is 394 g/mol. The quantitative estimate of drug-likeness (QED) is 0.579. The topological polar surface area (TPSA) is 51.7 Å². The summed E-state index contributed by atoms with van der Waals surface area (Å²) >= 11 is 1.48. The van der Waals surface area contributed by atoms with Gasteiger partial charge in [-0.1, -0.05) is 30.3 Å². The molecule has 1 aliphatic rings. The van der Waals surface area contributed by atoms with Crippen LogP contribution in [0.15, 0.2) is 53.9 Å². The van der Waals surface area contributed by atoms with Gasteiger partial charge in [0, 0.05) is 16.9 Å². The number of anilines is 1. The Balaban J connectivity index is 1.67. The highest BCUT2D eigenvalue weighted by Gasteiger charge is 2.35. The summed E-state index contributed by atoms with van der Waals surface area (Å²) < 4.78 is 10.8. The number of aromatic nitrogens is 1. The molecule has 0 atom stereocenters.